The highest BCUT2D eigenvalue weighted by atomic mass is 35.5. The van der Waals surface area contributed by atoms with Crippen LogP contribution in [0.1, 0.15) is 16.8 Å². The van der Waals surface area contributed by atoms with E-state index >= 15 is 0 Å². The van der Waals surface area contributed by atoms with Gasteiger partial charge in [-0.3, -0.25) is 4.79 Å². The molecule has 0 bridgehead atoms. The second-order valence-electron chi connectivity index (χ2n) is 5.46. The number of nitrogens with zero attached hydrogens (tertiary/aromatic N) is 2. The number of benzene rings is 1. The normalized spacial score (nSPS) is 19.1. The van der Waals surface area contributed by atoms with Crippen molar-refractivity contribution in [2.24, 2.45) is 0 Å². The van der Waals surface area contributed by atoms with Gasteiger partial charge in [-0.2, -0.15) is 0 Å². The van der Waals surface area contributed by atoms with Gasteiger partial charge in [-0.1, -0.05) is 11.6 Å². The van der Waals surface area contributed by atoms with Gasteiger partial charge in [-0.05, 0) is 38.7 Å². The molecule has 1 atom stereocenters. The molecule has 2 rings (SSSR count). The maximum absolute atomic E-state index is 13.2. The highest BCUT2D eigenvalue weighted by molar-refractivity contribution is 6.31. The SMILES string of the molecule is CN(C)CC[C@H]1CN(C(=O)c2ccc(F)c(Cl)c2)CCO1. The van der Waals surface area contributed by atoms with Crippen LogP contribution < -0.4 is 0 Å². The molecule has 1 amide bonds. The Morgan fingerprint density at radius 1 is 1.52 bits per heavy atom. The Balaban J connectivity index is 1.99. The van der Waals surface area contributed by atoms with Gasteiger partial charge in [-0.25, -0.2) is 4.39 Å². The average Bonchev–Trinajstić information content (AvgIpc) is 2.47. The van der Waals surface area contributed by atoms with Crippen LogP contribution in [-0.4, -0.2) is 62.1 Å². The van der Waals surface area contributed by atoms with Crippen LogP contribution in [0.25, 0.3) is 0 Å². The van der Waals surface area contributed by atoms with Crippen molar-refractivity contribution in [1.82, 2.24) is 9.80 Å². The highest BCUT2D eigenvalue weighted by Gasteiger charge is 2.25. The van der Waals surface area contributed by atoms with Crippen LogP contribution in [0.3, 0.4) is 0 Å². The highest BCUT2D eigenvalue weighted by Crippen LogP contribution is 2.19. The van der Waals surface area contributed by atoms with Crippen LogP contribution in [0, 0.1) is 5.82 Å². The van der Waals surface area contributed by atoms with Crippen LogP contribution in [0.15, 0.2) is 18.2 Å². The topological polar surface area (TPSA) is 32.8 Å². The lowest BCUT2D eigenvalue weighted by molar-refractivity contribution is -0.0269. The fourth-order valence-electron chi connectivity index (χ4n) is 2.29. The molecule has 0 aliphatic carbocycles. The molecule has 1 saturated heterocycles. The van der Waals surface area contributed by atoms with Gasteiger partial charge < -0.3 is 14.5 Å². The monoisotopic (exact) mass is 314 g/mol. The fraction of sp³-hybridized carbons (Fsp3) is 0.533. The number of ether oxygens (including phenoxy) is 1. The van der Waals surface area contributed by atoms with E-state index in [1.165, 1.54) is 18.2 Å². The molecular formula is C15H20ClFN2O2. The second-order valence-corrected chi connectivity index (χ2v) is 5.87. The molecule has 1 fully saturated rings. The minimum absolute atomic E-state index is 0.0294. The Hall–Kier alpha value is -1.17. The van der Waals surface area contributed by atoms with E-state index < -0.39 is 5.82 Å². The van der Waals surface area contributed by atoms with Crippen molar-refractivity contribution in [2.45, 2.75) is 12.5 Å². The van der Waals surface area contributed by atoms with Crippen LogP contribution in [0.5, 0.6) is 0 Å². The molecule has 0 N–H and O–H groups in total. The lowest BCUT2D eigenvalue weighted by atomic mass is 10.1. The van der Waals surface area contributed by atoms with Crippen molar-refractivity contribution >= 4 is 17.5 Å². The Kier molecular flexibility index (Phi) is 5.56. The number of carbonyl (C=O) groups excluding carboxylic acids is 1. The molecule has 4 nitrogen and oxygen atoms in total. The third-order valence-corrected chi connectivity index (χ3v) is 3.78. The van der Waals surface area contributed by atoms with Crippen LogP contribution in [0.4, 0.5) is 4.39 Å². The number of carbonyl (C=O) groups is 1. The van der Waals surface area contributed by atoms with E-state index in [1.807, 2.05) is 14.1 Å². The Bertz CT molecular complexity index is 510. The van der Waals surface area contributed by atoms with Gasteiger partial charge in [0.2, 0.25) is 0 Å². The van der Waals surface area contributed by atoms with Crippen molar-refractivity contribution < 1.29 is 13.9 Å². The van der Waals surface area contributed by atoms with Crippen molar-refractivity contribution in [2.75, 3.05) is 40.3 Å². The number of hydrogen-bond acceptors (Lipinski definition) is 3. The van der Waals surface area contributed by atoms with Gasteiger partial charge in [0.25, 0.3) is 5.91 Å². The number of hydrogen-bond donors (Lipinski definition) is 0. The van der Waals surface area contributed by atoms with Crippen molar-refractivity contribution in [3.63, 3.8) is 0 Å². The summed E-state index contributed by atoms with van der Waals surface area (Å²) in [6.07, 6.45) is 0.919. The van der Waals surface area contributed by atoms with E-state index in [0.29, 0.717) is 25.3 Å². The summed E-state index contributed by atoms with van der Waals surface area (Å²) in [7, 11) is 4.01. The van der Waals surface area contributed by atoms with Gasteiger partial charge in [0, 0.05) is 25.2 Å². The summed E-state index contributed by atoms with van der Waals surface area (Å²) >= 11 is 5.73. The van der Waals surface area contributed by atoms with Gasteiger partial charge in [-0.15, -0.1) is 0 Å². The fourth-order valence-corrected chi connectivity index (χ4v) is 2.47. The molecular weight excluding hydrogens is 295 g/mol. The van der Waals surface area contributed by atoms with Crippen LogP contribution in [-0.2, 0) is 4.74 Å². The van der Waals surface area contributed by atoms with Gasteiger partial charge >= 0.3 is 0 Å². The summed E-state index contributed by atoms with van der Waals surface area (Å²) in [6, 6.07) is 4.07. The zero-order valence-corrected chi connectivity index (χ0v) is 13.1. The molecule has 1 aromatic carbocycles. The van der Waals surface area contributed by atoms with Crippen LogP contribution >= 0.6 is 11.6 Å². The Labute approximate surface area is 129 Å². The Morgan fingerprint density at radius 2 is 2.29 bits per heavy atom. The van der Waals surface area contributed by atoms with Crippen molar-refractivity contribution in [3.05, 3.63) is 34.6 Å². The zero-order valence-electron chi connectivity index (χ0n) is 12.3. The van der Waals surface area contributed by atoms with E-state index in [1.54, 1.807) is 4.90 Å². The molecule has 0 aromatic heterocycles. The molecule has 116 valence electrons. The summed E-state index contributed by atoms with van der Waals surface area (Å²) in [4.78, 5) is 16.3. The molecule has 1 aliphatic rings. The first-order valence-electron chi connectivity index (χ1n) is 6.98. The number of amides is 1. The summed E-state index contributed by atoms with van der Waals surface area (Å²) in [5, 5.41) is -0.0294. The molecule has 6 heteroatoms. The third-order valence-electron chi connectivity index (χ3n) is 3.49. The first-order valence-corrected chi connectivity index (χ1v) is 7.36. The summed E-state index contributed by atoms with van der Waals surface area (Å²) in [5.74, 6) is -0.644. The standard InChI is InChI=1S/C15H20ClFN2O2/c1-18(2)6-5-12-10-19(7-8-21-12)15(20)11-3-4-14(17)13(16)9-11/h3-4,9,12H,5-8,10H2,1-2H3/t12-/m0/s1. The van der Waals surface area contributed by atoms with Gasteiger partial charge in [0.15, 0.2) is 0 Å². The molecule has 0 radical (unpaired) electrons. The quantitative estimate of drug-likeness (QED) is 0.855. The van der Waals surface area contributed by atoms with Crippen LogP contribution in [0.2, 0.25) is 5.02 Å². The van der Waals surface area contributed by atoms with E-state index in [-0.39, 0.29) is 17.0 Å². The van der Waals surface area contributed by atoms with Gasteiger partial charge in [0.1, 0.15) is 5.82 Å². The second kappa shape index (κ2) is 7.20. The third kappa shape index (κ3) is 4.40. The lowest BCUT2D eigenvalue weighted by Gasteiger charge is -2.33. The van der Waals surface area contributed by atoms with E-state index in [0.717, 1.165) is 13.0 Å². The first-order chi connectivity index (χ1) is 9.97. The maximum atomic E-state index is 13.2. The smallest absolute Gasteiger partial charge is 0.254 e. The van der Waals surface area contributed by atoms with E-state index in [2.05, 4.69) is 4.90 Å². The zero-order chi connectivity index (χ0) is 15.4. The number of rotatable bonds is 4. The summed E-state index contributed by atoms with van der Waals surface area (Å²) in [5.41, 5.74) is 0.412. The van der Waals surface area contributed by atoms with Gasteiger partial charge in [0.05, 0.1) is 17.7 Å². The predicted octanol–water partition coefficient (Wildman–Crippen LogP) is 2.27. The minimum Gasteiger partial charge on any atom is -0.374 e. The lowest BCUT2D eigenvalue weighted by Crippen LogP contribution is -2.46. The summed E-state index contributed by atoms with van der Waals surface area (Å²) < 4.78 is 18.8. The predicted molar refractivity (Wildman–Crippen MR) is 80.2 cm³/mol. The molecule has 1 aromatic rings. The molecule has 1 aliphatic heterocycles. The van der Waals surface area contributed by atoms with E-state index in [4.69, 9.17) is 16.3 Å². The first kappa shape index (κ1) is 16.2. The molecule has 0 saturated carbocycles. The maximum Gasteiger partial charge on any atom is 0.254 e. The van der Waals surface area contributed by atoms with Crippen molar-refractivity contribution in [3.8, 4) is 0 Å². The molecule has 21 heavy (non-hydrogen) atoms. The Morgan fingerprint density at radius 3 is 2.95 bits per heavy atom. The summed E-state index contributed by atoms with van der Waals surface area (Å²) in [6.45, 7) is 2.54. The molecule has 0 spiro atoms. The molecule has 1 heterocycles. The number of halogens is 2. The molecule has 0 unspecified atom stereocenters. The number of morpholine rings is 1. The largest absolute Gasteiger partial charge is 0.374 e. The van der Waals surface area contributed by atoms with E-state index in [9.17, 15) is 9.18 Å². The average molecular weight is 315 g/mol. The minimum atomic E-state index is -0.515. The van der Waals surface area contributed by atoms with Crippen molar-refractivity contribution in [1.29, 1.82) is 0 Å².